The number of hydrogen-bond donors (Lipinski definition) is 3. The predicted octanol–water partition coefficient (Wildman–Crippen LogP) is -1.79. The Morgan fingerprint density at radius 3 is 1.17 bits per heavy atom. The summed E-state index contributed by atoms with van der Waals surface area (Å²) in [7, 11) is -2.17. The van der Waals surface area contributed by atoms with E-state index in [0.29, 0.717) is 0 Å². The summed E-state index contributed by atoms with van der Waals surface area (Å²) in [5, 5.41) is 21.5. The van der Waals surface area contributed by atoms with E-state index in [-0.39, 0.29) is 53.0 Å². The van der Waals surface area contributed by atoms with Crippen molar-refractivity contribution < 1.29 is 17.9 Å². The first kappa shape index (κ1) is 15.6. The largest absolute Gasteiger partial charge is 2.00 e. The minimum absolute atomic E-state index is 0. The second-order valence-corrected chi connectivity index (χ2v) is 0.346. The van der Waals surface area contributed by atoms with Gasteiger partial charge in [0, 0.05) is 0 Å². The van der Waals surface area contributed by atoms with Crippen LogP contribution in [0.5, 0.6) is 0 Å². The molecule has 36 valence electrons. The van der Waals surface area contributed by atoms with Crippen LogP contribution < -0.4 is 0 Å². The molecule has 0 unspecified atom stereocenters. The van der Waals surface area contributed by atoms with E-state index in [9.17, 15) is 0 Å². The quantitative estimate of drug-likeness (QED) is 0.349. The molecular formula is H6BCaClO3. The number of halogens is 1. The van der Waals surface area contributed by atoms with Crippen LogP contribution in [0.3, 0.4) is 0 Å². The summed E-state index contributed by atoms with van der Waals surface area (Å²) in [6, 6.07) is 0. The summed E-state index contributed by atoms with van der Waals surface area (Å²) in [5.41, 5.74) is 0. The van der Waals surface area contributed by atoms with E-state index in [1.165, 1.54) is 0 Å². The van der Waals surface area contributed by atoms with E-state index in [0.717, 1.165) is 0 Å². The van der Waals surface area contributed by atoms with E-state index in [2.05, 4.69) is 0 Å². The van der Waals surface area contributed by atoms with Crippen molar-refractivity contribution >= 4 is 57.5 Å². The molecule has 0 bridgehead atoms. The fourth-order valence-electron chi connectivity index (χ4n) is 0. The molecule has 0 radical (unpaired) electrons. The van der Waals surface area contributed by atoms with Crippen molar-refractivity contribution in [1.29, 1.82) is 0 Å². The summed E-state index contributed by atoms with van der Waals surface area (Å²) in [4.78, 5) is 0. The summed E-state index contributed by atoms with van der Waals surface area (Å²) in [5.74, 6) is 0. The predicted molar refractivity (Wildman–Crippen MR) is 27.6 cm³/mol. The van der Waals surface area contributed by atoms with Crippen LogP contribution in [0.1, 0.15) is 2.85 Å². The van der Waals surface area contributed by atoms with Gasteiger partial charge in [0.2, 0.25) is 0 Å². The summed E-state index contributed by atoms with van der Waals surface area (Å²) >= 11 is 0. The molecule has 0 aromatic rings. The van der Waals surface area contributed by atoms with Gasteiger partial charge in [-0.05, 0) is 0 Å². The van der Waals surface area contributed by atoms with Gasteiger partial charge in [-0.2, -0.15) is 0 Å². The molecule has 0 aromatic heterocycles. The zero-order valence-electron chi connectivity index (χ0n) is 5.03. The first-order valence-corrected chi connectivity index (χ1v) is 0.775. The fraction of sp³-hybridized carbons (Fsp3) is 0. The molecule has 0 atom stereocenters. The van der Waals surface area contributed by atoms with Crippen molar-refractivity contribution in [2.75, 3.05) is 0 Å². The average molecular weight is 140 g/mol. The van der Waals surface area contributed by atoms with Crippen molar-refractivity contribution in [2.45, 2.75) is 0 Å². The molecule has 0 aliphatic rings. The number of hydrogen-bond acceptors (Lipinski definition) is 3. The third-order valence-corrected chi connectivity index (χ3v) is 0. The van der Waals surface area contributed by atoms with Crippen LogP contribution in [-0.4, -0.2) is 60.1 Å². The second kappa shape index (κ2) is 9.71. The molecule has 0 spiro atoms. The Balaban J connectivity index is -0.00000000750. The summed E-state index contributed by atoms with van der Waals surface area (Å²) in [6.45, 7) is 0. The Morgan fingerprint density at radius 2 is 1.17 bits per heavy atom. The SMILES string of the molecule is Cl.OB(O)O.[Ca+2].[H-].[H-]. The molecule has 0 aromatic carbocycles. The normalized spacial score (nSPS) is 4.50. The van der Waals surface area contributed by atoms with Crippen molar-refractivity contribution in [1.82, 2.24) is 0 Å². The Bertz CT molecular complexity index is 22.0. The molecule has 0 aliphatic heterocycles. The van der Waals surface area contributed by atoms with Crippen LogP contribution in [0.4, 0.5) is 0 Å². The minimum Gasteiger partial charge on any atom is -1.00 e. The minimum atomic E-state index is -2.17. The fourth-order valence-corrected chi connectivity index (χ4v) is 0. The third kappa shape index (κ3) is 49.7. The van der Waals surface area contributed by atoms with E-state index < -0.39 is 7.32 Å². The third-order valence-electron chi connectivity index (χ3n) is 0. The van der Waals surface area contributed by atoms with Crippen LogP contribution in [0, 0.1) is 0 Å². The molecule has 0 saturated carbocycles. The van der Waals surface area contributed by atoms with Gasteiger partial charge in [-0.1, -0.05) is 0 Å². The monoisotopic (exact) mass is 140 g/mol. The van der Waals surface area contributed by atoms with E-state index in [1.807, 2.05) is 0 Å². The van der Waals surface area contributed by atoms with Gasteiger partial charge in [0.1, 0.15) is 0 Å². The van der Waals surface area contributed by atoms with Gasteiger partial charge >= 0.3 is 45.1 Å². The number of rotatable bonds is 0. The Kier molecular flexibility index (Phi) is 25.3. The standard InChI is InChI=1S/BH3O3.Ca.ClH.2H/c2-1(3)4;;;;/h2-4H;;1H;;/q;+2;;2*-1. The van der Waals surface area contributed by atoms with E-state index in [1.54, 1.807) is 0 Å². The first-order valence-electron chi connectivity index (χ1n) is 0.775. The zero-order chi connectivity index (χ0) is 3.58. The topological polar surface area (TPSA) is 60.7 Å². The molecule has 0 aliphatic carbocycles. The van der Waals surface area contributed by atoms with Gasteiger partial charge in [-0.25, -0.2) is 0 Å². The molecule has 3 nitrogen and oxygen atoms in total. The maximum absolute atomic E-state index is 7.17. The van der Waals surface area contributed by atoms with Crippen LogP contribution in [0.2, 0.25) is 0 Å². The maximum Gasteiger partial charge on any atom is 2.00 e. The Labute approximate surface area is 74.9 Å². The van der Waals surface area contributed by atoms with E-state index >= 15 is 0 Å². The van der Waals surface area contributed by atoms with Gasteiger partial charge < -0.3 is 17.9 Å². The molecule has 3 N–H and O–H groups in total. The molecule has 0 fully saturated rings. The van der Waals surface area contributed by atoms with Crippen molar-refractivity contribution in [3.8, 4) is 0 Å². The summed E-state index contributed by atoms with van der Waals surface area (Å²) < 4.78 is 0. The van der Waals surface area contributed by atoms with Crippen LogP contribution in [0.25, 0.3) is 0 Å². The van der Waals surface area contributed by atoms with Gasteiger partial charge in [0.15, 0.2) is 0 Å². The van der Waals surface area contributed by atoms with Crippen LogP contribution in [0.15, 0.2) is 0 Å². The molecule has 0 rings (SSSR count). The molecule has 0 saturated heterocycles. The van der Waals surface area contributed by atoms with Gasteiger partial charge in [0.05, 0.1) is 0 Å². The first-order chi connectivity index (χ1) is 1.73. The smallest absolute Gasteiger partial charge is 1.00 e. The molecular weight excluding hydrogens is 134 g/mol. The van der Waals surface area contributed by atoms with Crippen molar-refractivity contribution in [2.24, 2.45) is 0 Å². The maximum atomic E-state index is 7.17. The Hall–Kier alpha value is 1.49. The average Bonchev–Trinajstić information content (AvgIpc) is 0.811. The van der Waals surface area contributed by atoms with Crippen LogP contribution in [-0.2, 0) is 0 Å². The molecule has 0 heterocycles. The second-order valence-electron chi connectivity index (χ2n) is 0.346. The molecule has 6 heteroatoms. The molecule has 0 amide bonds. The van der Waals surface area contributed by atoms with Gasteiger partial charge in [0.25, 0.3) is 0 Å². The van der Waals surface area contributed by atoms with Crippen LogP contribution >= 0.6 is 12.4 Å². The zero-order valence-corrected chi connectivity index (χ0v) is 6.06. The van der Waals surface area contributed by atoms with Gasteiger partial charge in [-0.15, -0.1) is 12.4 Å². The summed E-state index contributed by atoms with van der Waals surface area (Å²) in [6.07, 6.45) is 0. The molecule has 6 heavy (non-hydrogen) atoms. The van der Waals surface area contributed by atoms with Crippen molar-refractivity contribution in [3.05, 3.63) is 0 Å². The Morgan fingerprint density at radius 1 is 1.17 bits per heavy atom. The van der Waals surface area contributed by atoms with Gasteiger partial charge in [-0.3, -0.25) is 0 Å². The van der Waals surface area contributed by atoms with E-state index in [4.69, 9.17) is 15.1 Å². The van der Waals surface area contributed by atoms with Crippen molar-refractivity contribution in [3.63, 3.8) is 0 Å².